The summed E-state index contributed by atoms with van der Waals surface area (Å²) >= 11 is 0. The second-order valence-electron chi connectivity index (χ2n) is 4.01. The minimum atomic E-state index is 0.840. The van der Waals surface area contributed by atoms with Crippen molar-refractivity contribution in [3.63, 3.8) is 0 Å². The van der Waals surface area contributed by atoms with Gasteiger partial charge in [-0.3, -0.25) is 0 Å². The summed E-state index contributed by atoms with van der Waals surface area (Å²) in [5, 5.41) is 3.41. The first-order chi connectivity index (χ1) is 7.42. The Kier molecular flexibility index (Phi) is 3.49. The molecule has 0 aromatic heterocycles. The predicted octanol–water partition coefficient (Wildman–Crippen LogP) is 3.22. The Morgan fingerprint density at radius 1 is 1.40 bits per heavy atom. The molecule has 0 bridgehead atoms. The third-order valence-corrected chi connectivity index (χ3v) is 2.81. The van der Waals surface area contributed by atoms with Crippen molar-refractivity contribution in [1.29, 1.82) is 0 Å². The Labute approximate surface area is 91.6 Å². The van der Waals surface area contributed by atoms with E-state index in [1.807, 2.05) is 0 Å². The van der Waals surface area contributed by atoms with Crippen LogP contribution in [-0.4, -0.2) is 13.2 Å². The number of hydrogen-bond donors (Lipinski definition) is 1. The van der Waals surface area contributed by atoms with Crippen LogP contribution in [-0.2, 0) is 6.42 Å². The average Bonchev–Trinajstić information content (AvgIpc) is 2.30. The van der Waals surface area contributed by atoms with Gasteiger partial charge in [0, 0.05) is 17.8 Å². The molecule has 0 spiro atoms. The zero-order valence-corrected chi connectivity index (χ0v) is 9.38. The highest BCUT2D eigenvalue weighted by molar-refractivity contribution is 5.58. The number of ether oxygens (including phenoxy) is 1. The van der Waals surface area contributed by atoms with E-state index in [-0.39, 0.29) is 0 Å². The third-order valence-electron chi connectivity index (χ3n) is 2.81. The van der Waals surface area contributed by atoms with Crippen molar-refractivity contribution >= 4 is 5.69 Å². The number of anilines is 1. The normalized spacial score (nSPS) is 14.2. The summed E-state index contributed by atoms with van der Waals surface area (Å²) in [6.07, 6.45) is 4.68. The van der Waals surface area contributed by atoms with Crippen LogP contribution in [0.4, 0.5) is 5.69 Å². The molecule has 15 heavy (non-hydrogen) atoms. The maximum atomic E-state index is 5.80. The maximum absolute atomic E-state index is 5.80. The molecule has 0 atom stereocenters. The topological polar surface area (TPSA) is 21.3 Å². The number of unbranched alkanes of at least 4 members (excludes halogenated alkanes) is 1. The van der Waals surface area contributed by atoms with Crippen LogP contribution in [0.25, 0.3) is 0 Å². The quantitative estimate of drug-likeness (QED) is 0.762. The summed E-state index contributed by atoms with van der Waals surface area (Å²) in [7, 11) is 0. The van der Waals surface area contributed by atoms with Gasteiger partial charge in [0.15, 0.2) is 0 Å². The van der Waals surface area contributed by atoms with Gasteiger partial charge >= 0.3 is 0 Å². The molecule has 1 aromatic carbocycles. The second-order valence-corrected chi connectivity index (χ2v) is 4.01. The van der Waals surface area contributed by atoms with Crippen molar-refractivity contribution in [3.05, 3.63) is 23.8 Å². The van der Waals surface area contributed by atoms with Crippen LogP contribution < -0.4 is 10.1 Å². The van der Waals surface area contributed by atoms with Gasteiger partial charge in [0.05, 0.1) is 6.61 Å². The van der Waals surface area contributed by atoms with Crippen molar-refractivity contribution in [2.45, 2.75) is 32.6 Å². The van der Waals surface area contributed by atoms with E-state index in [1.165, 1.54) is 24.1 Å². The highest BCUT2D eigenvalue weighted by atomic mass is 16.5. The van der Waals surface area contributed by atoms with Gasteiger partial charge in [0.1, 0.15) is 5.75 Å². The third kappa shape index (κ3) is 2.44. The average molecular weight is 205 g/mol. The summed E-state index contributed by atoms with van der Waals surface area (Å²) in [4.78, 5) is 0. The van der Waals surface area contributed by atoms with Crippen LogP contribution >= 0.6 is 0 Å². The van der Waals surface area contributed by atoms with Crippen LogP contribution in [0.15, 0.2) is 18.2 Å². The molecule has 1 aromatic rings. The summed E-state index contributed by atoms with van der Waals surface area (Å²) in [6.45, 7) is 4.11. The van der Waals surface area contributed by atoms with Crippen LogP contribution in [0, 0.1) is 0 Å². The zero-order chi connectivity index (χ0) is 10.5. The highest BCUT2D eigenvalue weighted by Gasteiger charge is 2.12. The maximum Gasteiger partial charge on any atom is 0.124 e. The Bertz CT molecular complexity index is 322. The number of benzene rings is 1. The molecule has 2 heteroatoms. The van der Waals surface area contributed by atoms with Crippen LogP contribution in [0.5, 0.6) is 5.75 Å². The molecule has 1 N–H and O–H groups in total. The smallest absolute Gasteiger partial charge is 0.124 e. The standard InChI is InChI=1S/C13H19NO/c1-2-3-10-15-13-8-4-7-12-11(13)6-5-9-14-12/h4,7-8,14H,2-3,5-6,9-10H2,1H3. The second kappa shape index (κ2) is 5.06. The van der Waals surface area contributed by atoms with Crippen molar-refractivity contribution in [3.8, 4) is 5.75 Å². The summed E-state index contributed by atoms with van der Waals surface area (Å²) in [5.41, 5.74) is 2.62. The molecular weight excluding hydrogens is 186 g/mol. The van der Waals surface area contributed by atoms with E-state index in [1.54, 1.807) is 0 Å². The predicted molar refractivity (Wildman–Crippen MR) is 63.7 cm³/mol. The molecule has 2 nitrogen and oxygen atoms in total. The molecule has 82 valence electrons. The first kappa shape index (κ1) is 10.3. The fraction of sp³-hybridized carbons (Fsp3) is 0.538. The van der Waals surface area contributed by atoms with E-state index in [2.05, 4.69) is 30.4 Å². The monoisotopic (exact) mass is 205 g/mol. The van der Waals surface area contributed by atoms with Gasteiger partial charge < -0.3 is 10.1 Å². The molecule has 1 heterocycles. The van der Waals surface area contributed by atoms with E-state index in [4.69, 9.17) is 4.74 Å². The Hall–Kier alpha value is -1.18. The lowest BCUT2D eigenvalue weighted by Gasteiger charge is -2.20. The molecule has 2 rings (SSSR count). The fourth-order valence-corrected chi connectivity index (χ4v) is 1.94. The Morgan fingerprint density at radius 3 is 3.20 bits per heavy atom. The summed E-state index contributed by atoms with van der Waals surface area (Å²) < 4.78 is 5.80. The van der Waals surface area contributed by atoms with E-state index < -0.39 is 0 Å². The van der Waals surface area contributed by atoms with Crippen molar-refractivity contribution in [2.24, 2.45) is 0 Å². The fourth-order valence-electron chi connectivity index (χ4n) is 1.94. The van der Waals surface area contributed by atoms with Crippen molar-refractivity contribution < 1.29 is 4.74 Å². The Balaban J connectivity index is 2.09. The zero-order valence-electron chi connectivity index (χ0n) is 9.38. The Morgan fingerprint density at radius 2 is 2.33 bits per heavy atom. The van der Waals surface area contributed by atoms with Gasteiger partial charge in [-0.25, -0.2) is 0 Å². The minimum absolute atomic E-state index is 0.840. The first-order valence-corrected chi connectivity index (χ1v) is 5.90. The molecule has 0 saturated heterocycles. The lowest BCUT2D eigenvalue weighted by molar-refractivity contribution is 0.306. The lowest BCUT2D eigenvalue weighted by atomic mass is 10.0. The van der Waals surface area contributed by atoms with Gasteiger partial charge in [-0.15, -0.1) is 0 Å². The van der Waals surface area contributed by atoms with Gasteiger partial charge in [0.25, 0.3) is 0 Å². The molecule has 0 amide bonds. The van der Waals surface area contributed by atoms with Gasteiger partial charge in [-0.05, 0) is 31.4 Å². The van der Waals surface area contributed by atoms with E-state index in [0.29, 0.717) is 0 Å². The van der Waals surface area contributed by atoms with Gasteiger partial charge in [-0.2, -0.15) is 0 Å². The van der Waals surface area contributed by atoms with Crippen LogP contribution in [0.2, 0.25) is 0 Å². The molecule has 0 aliphatic carbocycles. The number of nitrogens with one attached hydrogen (secondary N) is 1. The highest BCUT2D eigenvalue weighted by Crippen LogP contribution is 2.30. The number of rotatable bonds is 4. The SMILES string of the molecule is CCCCOc1cccc2c1CCCN2. The number of hydrogen-bond acceptors (Lipinski definition) is 2. The summed E-state index contributed by atoms with van der Waals surface area (Å²) in [6, 6.07) is 6.29. The summed E-state index contributed by atoms with van der Waals surface area (Å²) in [5.74, 6) is 1.08. The lowest BCUT2D eigenvalue weighted by Crippen LogP contribution is -2.13. The molecule has 0 unspecified atom stereocenters. The molecule has 1 aliphatic heterocycles. The van der Waals surface area contributed by atoms with Gasteiger partial charge in [-0.1, -0.05) is 19.4 Å². The molecule has 0 fully saturated rings. The largest absolute Gasteiger partial charge is 0.493 e. The molecular formula is C13H19NO. The minimum Gasteiger partial charge on any atom is -0.493 e. The van der Waals surface area contributed by atoms with E-state index >= 15 is 0 Å². The van der Waals surface area contributed by atoms with Crippen LogP contribution in [0.1, 0.15) is 31.7 Å². The molecule has 0 radical (unpaired) electrons. The molecule has 1 aliphatic rings. The van der Waals surface area contributed by atoms with Gasteiger partial charge in [0.2, 0.25) is 0 Å². The molecule has 0 saturated carbocycles. The van der Waals surface area contributed by atoms with Crippen molar-refractivity contribution in [1.82, 2.24) is 0 Å². The van der Waals surface area contributed by atoms with E-state index in [9.17, 15) is 0 Å². The number of fused-ring (bicyclic) bond motifs is 1. The van der Waals surface area contributed by atoms with Crippen LogP contribution in [0.3, 0.4) is 0 Å². The van der Waals surface area contributed by atoms with Crippen molar-refractivity contribution in [2.75, 3.05) is 18.5 Å². The first-order valence-electron chi connectivity index (χ1n) is 5.90. The van der Waals surface area contributed by atoms with E-state index in [0.717, 1.165) is 31.7 Å².